The predicted molar refractivity (Wildman–Crippen MR) is 266 cm³/mol. The molecule has 0 fully saturated rings. The van der Waals surface area contributed by atoms with E-state index in [2.05, 4.69) is 192 Å². The summed E-state index contributed by atoms with van der Waals surface area (Å²) in [6.07, 6.45) is 0. The topological polar surface area (TPSA) is 56.7 Å². The van der Waals surface area contributed by atoms with Gasteiger partial charge < -0.3 is 8.98 Å². The van der Waals surface area contributed by atoms with Gasteiger partial charge in [0.1, 0.15) is 11.2 Å². The highest BCUT2D eigenvalue weighted by atomic mass is 16.3. The fourth-order valence-corrected chi connectivity index (χ4v) is 9.09. The molecule has 0 saturated carbocycles. The van der Waals surface area contributed by atoms with Crippen molar-refractivity contribution in [2.45, 2.75) is 52.4 Å². The first-order valence-electron chi connectivity index (χ1n) is 22.1. The van der Waals surface area contributed by atoms with Gasteiger partial charge in [-0.3, -0.25) is 0 Å². The molecule has 0 saturated heterocycles. The van der Waals surface area contributed by atoms with Gasteiger partial charge in [0.2, 0.25) is 0 Å². The first kappa shape index (κ1) is 39.2. The molecule has 11 rings (SSSR count). The predicted octanol–water partition coefficient (Wildman–Crippen LogP) is 15.8. The number of nitrogens with zero attached hydrogens (tertiary/aromatic N) is 4. The van der Waals surface area contributed by atoms with E-state index in [0.717, 1.165) is 77.6 Å². The van der Waals surface area contributed by atoms with Crippen molar-refractivity contribution in [3.63, 3.8) is 0 Å². The lowest BCUT2D eigenvalue weighted by Crippen LogP contribution is -2.10. The summed E-state index contributed by atoms with van der Waals surface area (Å²) in [7, 11) is 0. The fraction of sp³-hybridized carbons (Fsp3) is 0.136. The molecule has 0 N–H and O–H groups in total. The van der Waals surface area contributed by atoms with Crippen molar-refractivity contribution in [2.75, 3.05) is 0 Å². The van der Waals surface area contributed by atoms with Crippen LogP contribution < -0.4 is 0 Å². The van der Waals surface area contributed by atoms with Crippen molar-refractivity contribution >= 4 is 43.7 Å². The Bertz CT molecular complexity index is 3420. The highest BCUT2D eigenvalue weighted by molar-refractivity contribution is 6.11. The molecule has 0 aliphatic rings. The first-order chi connectivity index (χ1) is 31.0. The lowest BCUT2D eigenvalue weighted by molar-refractivity contribution is 0.590. The van der Waals surface area contributed by atoms with Crippen LogP contribution in [-0.2, 0) is 10.8 Å². The van der Waals surface area contributed by atoms with Crippen LogP contribution in [0.5, 0.6) is 0 Å². The molecule has 0 amide bonds. The third kappa shape index (κ3) is 6.85. The Morgan fingerprint density at radius 1 is 0.359 bits per heavy atom. The molecule has 8 aromatic carbocycles. The van der Waals surface area contributed by atoms with Gasteiger partial charge in [-0.2, -0.15) is 0 Å². The SMILES string of the molecule is CC(C)(C)c1ccc2c(c1)c1cc(C(C)(C)C)ccc1n2-c1c(-c2ccccc2)cc(-c2nc(-c3ccccc3)nc(-c3ccc4c(c3)oc3ccccc34)n2)cc1-c1ccccc1. The molecule has 0 aliphatic carbocycles. The zero-order valence-electron chi connectivity index (χ0n) is 37.0. The van der Waals surface area contributed by atoms with Crippen molar-refractivity contribution in [3.8, 4) is 62.1 Å². The summed E-state index contributed by atoms with van der Waals surface area (Å²) in [5, 5.41) is 4.63. The molecular weight excluding hydrogens is 781 g/mol. The Morgan fingerprint density at radius 3 is 1.34 bits per heavy atom. The quantitative estimate of drug-likeness (QED) is 0.168. The minimum absolute atomic E-state index is 0.0177. The van der Waals surface area contributed by atoms with Crippen LogP contribution in [-0.4, -0.2) is 19.5 Å². The summed E-state index contributed by atoms with van der Waals surface area (Å²) >= 11 is 0. The monoisotopic (exact) mass is 828 g/mol. The van der Waals surface area contributed by atoms with Gasteiger partial charge in [0.15, 0.2) is 17.5 Å². The van der Waals surface area contributed by atoms with Gasteiger partial charge in [0.05, 0.1) is 16.7 Å². The minimum Gasteiger partial charge on any atom is -0.456 e. The molecule has 64 heavy (non-hydrogen) atoms. The van der Waals surface area contributed by atoms with Crippen LogP contribution in [0.2, 0.25) is 0 Å². The average molecular weight is 829 g/mol. The maximum absolute atomic E-state index is 6.36. The van der Waals surface area contributed by atoms with E-state index in [1.807, 2.05) is 36.4 Å². The number of aromatic nitrogens is 4. The Hall–Kier alpha value is -7.63. The molecule has 3 heterocycles. The largest absolute Gasteiger partial charge is 0.456 e. The molecule has 0 aliphatic heterocycles. The van der Waals surface area contributed by atoms with Crippen molar-refractivity contribution < 1.29 is 4.42 Å². The van der Waals surface area contributed by atoms with Crippen molar-refractivity contribution in [1.29, 1.82) is 0 Å². The zero-order chi connectivity index (χ0) is 43.7. The van der Waals surface area contributed by atoms with Crippen LogP contribution in [0, 0.1) is 0 Å². The molecule has 5 heteroatoms. The molecule has 11 aromatic rings. The van der Waals surface area contributed by atoms with E-state index < -0.39 is 0 Å². The molecule has 310 valence electrons. The summed E-state index contributed by atoms with van der Waals surface area (Å²) in [4.78, 5) is 15.7. The van der Waals surface area contributed by atoms with E-state index in [4.69, 9.17) is 19.4 Å². The second kappa shape index (κ2) is 15.0. The first-order valence-corrected chi connectivity index (χ1v) is 22.1. The van der Waals surface area contributed by atoms with Gasteiger partial charge in [0, 0.05) is 49.4 Å². The smallest absolute Gasteiger partial charge is 0.164 e. The molecule has 0 bridgehead atoms. The van der Waals surface area contributed by atoms with E-state index in [1.165, 1.54) is 21.9 Å². The summed E-state index contributed by atoms with van der Waals surface area (Å²) < 4.78 is 8.85. The third-order valence-corrected chi connectivity index (χ3v) is 12.6. The average Bonchev–Trinajstić information content (AvgIpc) is 3.86. The van der Waals surface area contributed by atoms with Crippen LogP contribution in [0.3, 0.4) is 0 Å². The van der Waals surface area contributed by atoms with Gasteiger partial charge in [-0.05, 0) is 87.7 Å². The highest BCUT2D eigenvalue weighted by Gasteiger charge is 2.26. The van der Waals surface area contributed by atoms with Gasteiger partial charge in [-0.1, -0.05) is 169 Å². The minimum atomic E-state index is -0.0177. The number of hydrogen-bond donors (Lipinski definition) is 0. The number of para-hydroxylation sites is 1. The summed E-state index contributed by atoms with van der Waals surface area (Å²) in [6.45, 7) is 13.8. The second-order valence-electron chi connectivity index (χ2n) is 18.9. The molecular formula is C59H48N4O. The Balaban J connectivity index is 1.22. The number of furan rings is 1. The van der Waals surface area contributed by atoms with Crippen molar-refractivity contribution in [3.05, 3.63) is 193 Å². The van der Waals surface area contributed by atoms with Gasteiger partial charge in [0.25, 0.3) is 0 Å². The van der Waals surface area contributed by atoms with Gasteiger partial charge in [-0.15, -0.1) is 0 Å². The lowest BCUT2D eigenvalue weighted by atomic mass is 9.85. The van der Waals surface area contributed by atoms with Crippen molar-refractivity contribution in [2.24, 2.45) is 0 Å². The van der Waals surface area contributed by atoms with Crippen LogP contribution in [0.25, 0.3) is 106 Å². The van der Waals surface area contributed by atoms with E-state index in [1.54, 1.807) is 0 Å². The maximum atomic E-state index is 6.36. The van der Waals surface area contributed by atoms with Gasteiger partial charge in [-0.25, -0.2) is 15.0 Å². The van der Waals surface area contributed by atoms with Crippen molar-refractivity contribution in [1.82, 2.24) is 19.5 Å². The molecule has 0 radical (unpaired) electrons. The number of benzene rings is 8. The molecule has 0 atom stereocenters. The standard InChI is InChI=1S/C59H48N4O/c1-58(2,3)42-27-30-50-48(35-42)49-36-43(59(4,5)6)28-31-51(49)63(50)54-46(37-18-10-7-11-19-37)32-41(33-47(54)38-20-12-8-13-21-38)57-61-55(39-22-14-9-15-23-39)60-56(62-57)40-26-29-45-44-24-16-17-25-52(44)64-53(45)34-40/h7-36H,1-6H3. The van der Waals surface area contributed by atoms with Crippen LogP contribution in [0.1, 0.15) is 52.7 Å². The van der Waals surface area contributed by atoms with Crippen LogP contribution in [0.4, 0.5) is 0 Å². The van der Waals surface area contributed by atoms with E-state index in [9.17, 15) is 0 Å². The van der Waals surface area contributed by atoms with Crippen LogP contribution in [0.15, 0.2) is 186 Å². The third-order valence-electron chi connectivity index (χ3n) is 12.6. The Kier molecular flexibility index (Phi) is 9.21. The van der Waals surface area contributed by atoms with E-state index >= 15 is 0 Å². The summed E-state index contributed by atoms with van der Waals surface area (Å²) in [5.74, 6) is 1.76. The van der Waals surface area contributed by atoms with Gasteiger partial charge >= 0.3 is 0 Å². The molecule has 0 unspecified atom stereocenters. The highest BCUT2D eigenvalue weighted by Crippen LogP contribution is 2.45. The summed E-state index contributed by atoms with van der Waals surface area (Å²) in [5.41, 5.74) is 14.6. The summed E-state index contributed by atoms with van der Waals surface area (Å²) in [6, 6.07) is 64.7. The number of hydrogen-bond acceptors (Lipinski definition) is 4. The van der Waals surface area contributed by atoms with E-state index in [-0.39, 0.29) is 10.8 Å². The Labute approximate surface area is 373 Å². The zero-order valence-corrected chi connectivity index (χ0v) is 37.0. The lowest BCUT2D eigenvalue weighted by Gasteiger charge is -2.22. The normalized spacial score (nSPS) is 12.2. The molecule has 3 aromatic heterocycles. The van der Waals surface area contributed by atoms with Crippen LogP contribution >= 0.6 is 0 Å². The molecule has 5 nitrogen and oxygen atoms in total. The second-order valence-corrected chi connectivity index (χ2v) is 18.9. The number of fused-ring (bicyclic) bond motifs is 6. The van der Waals surface area contributed by atoms with E-state index in [0.29, 0.717) is 17.5 Å². The maximum Gasteiger partial charge on any atom is 0.164 e. The number of rotatable bonds is 6. The fourth-order valence-electron chi connectivity index (χ4n) is 9.09. The molecule has 0 spiro atoms. The Morgan fingerprint density at radius 2 is 0.812 bits per heavy atom.